The fourth-order valence-electron chi connectivity index (χ4n) is 7.90. The van der Waals surface area contributed by atoms with Gasteiger partial charge in [0.05, 0.1) is 65.4 Å². The number of nitrogens with zero attached hydrogens (tertiary/aromatic N) is 10. The van der Waals surface area contributed by atoms with Crippen LogP contribution in [-0.2, 0) is 84.6 Å². The molecule has 0 unspecified atom stereocenters. The summed E-state index contributed by atoms with van der Waals surface area (Å²) in [6, 6.07) is 33.3. The quantitative estimate of drug-likeness (QED) is 0.0797. The third-order valence-electron chi connectivity index (χ3n) is 11.1. The molecule has 7 rings (SSSR count). The Bertz CT molecular complexity index is 3260. The molecule has 2 aromatic heterocycles. The molecule has 0 aliphatic rings. The Morgan fingerprint density at radius 3 is 0.600 bits per heavy atom. The van der Waals surface area contributed by atoms with E-state index >= 15 is 0 Å². The minimum absolute atomic E-state index is 0.0121. The van der Waals surface area contributed by atoms with Gasteiger partial charge in [0, 0.05) is 0 Å². The second-order valence-electron chi connectivity index (χ2n) is 15.9. The zero-order chi connectivity index (χ0) is 49.6. The van der Waals surface area contributed by atoms with E-state index in [9.17, 15) is 47.9 Å². The van der Waals surface area contributed by atoms with Crippen LogP contribution in [0.2, 0.25) is 0 Å². The lowest BCUT2D eigenvalue weighted by molar-refractivity contribution is 0.489. The van der Waals surface area contributed by atoms with E-state index in [1.165, 1.54) is 24.3 Å². The van der Waals surface area contributed by atoms with Crippen molar-refractivity contribution in [2.75, 3.05) is 0 Å². The molecular formula is C50H40N10O10. The number of hydrogen-bond acceptors (Lipinski definition) is 14. The zero-order valence-electron chi connectivity index (χ0n) is 37.2. The third kappa shape index (κ3) is 11.7. The Morgan fingerprint density at radius 1 is 0.271 bits per heavy atom. The van der Waals surface area contributed by atoms with Crippen molar-refractivity contribution in [2.45, 2.75) is 65.4 Å². The van der Waals surface area contributed by atoms with Gasteiger partial charge in [0.2, 0.25) is 24.3 Å². The van der Waals surface area contributed by atoms with E-state index < -0.39 is 34.1 Å². The van der Waals surface area contributed by atoms with Crippen LogP contribution in [0.5, 0.6) is 0 Å². The molecule has 350 valence electrons. The molecule has 0 amide bonds. The van der Waals surface area contributed by atoms with Crippen LogP contribution in [-0.4, -0.2) is 51.7 Å². The number of isocyanates is 4. The number of benzene rings is 5. The maximum Gasteiger partial charge on any atom is 0.336 e. The molecule has 7 aromatic rings. The topological polar surface area (TPSA) is 250 Å². The molecule has 0 spiro atoms. The van der Waals surface area contributed by atoms with Gasteiger partial charge in [-0.3, -0.25) is 0 Å². The molecule has 0 fully saturated rings. The summed E-state index contributed by atoms with van der Waals surface area (Å²) in [6.45, 7) is -1.71. The van der Waals surface area contributed by atoms with Crippen LogP contribution in [0, 0.1) is 0 Å². The fraction of sp³-hybridized carbons (Fsp3) is 0.200. The Balaban J connectivity index is 1.30. The first-order valence-electron chi connectivity index (χ1n) is 21.4. The molecule has 5 aromatic carbocycles. The van der Waals surface area contributed by atoms with Gasteiger partial charge in [-0.05, 0) is 55.6 Å². The lowest BCUT2D eigenvalue weighted by atomic mass is 10.1. The summed E-state index contributed by atoms with van der Waals surface area (Å²) < 4.78 is 5.43. The lowest BCUT2D eigenvalue weighted by Crippen LogP contribution is -2.55. The first-order valence-corrected chi connectivity index (χ1v) is 21.4. The van der Waals surface area contributed by atoms with E-state index in [-0.39, 0.29) is 65.4 Å². The zero-order valence-corrected chi connectivity index (χ0v) is 37.2. The molecular weight excluding hydrogens is 901 g/mol. The maximum atomic E-state index is 14.3. The van der Waals surface area contributed by atoms with E-state index in [4.69, 9.17) is 0 Å². The Morgan fingerprint density at radius 2 is 0.429 bits per heavy atom. The van der Waals surface area contributed by atoms with Gasteiger partial charge >= 0.3 is 34.1 Å². The Labute approximate surface area is 395 Å². The van der Waals surface area contributed by atoms with Gasteiger partial charge in [0.1, 0.15) is 0 Å². The molecule has 0 radical (unpaired) electrons. The predicted octanol–water partition coefficient (Wildman–Crippen LogP) is 2.29. The average Bonchev–Trinajstić information content (AvgIpc) is 3.37. The molecule has 2 heterocycles. The Kier molecular flexibility index (Phi) is 15.7. The summed E-state index contributed by atoms with van der Waals surface area (Å²) in [5.41, 5.74) is -0.324. The molecule has 20 heteroatoms. The number of hydrogen-bond donors (Lipinski definition) is 0. The number of carbonyl (C=O) groups excluding carboxylic acids is 4. The van der Waals surface area contributed by atoms with Crippen LogP contribution in [0.15, 0.2) is 170 Å². The van der Waals surface area contributed by atoms with Gasteiger partial charge in [-0.2, -0.15) is 0 Å². The van der Waals surface area contributed by atoms with Crippen molar-refractivity contribution in [2.24, 2.45) is 20.0 Å². The minimum Gasteiger partial charge on any atom is -0.247 e. The molecule has 0 aliphatic heterocycles. The highest BCUT2D eigenvalue weighted by Crippen LogP contribution is 2.12. The summed E-state index contributed by atoms with van der Waals surface area (Å²) >= 11 is 0. The van der Waals surface area contributed by atoms with Crippen molar-refractivity contribution in [3.8, 4) is 0 Å². The summed E-state index contributed by atoms with van der Waals surface area (Å²) in [7, 11) is 0. The second kappa shape index (κ2) is 22.8. The fourth-order valence-corrected chi connectivity index (χ4v) is 7.90. The van der Waals surface area contributed by atoms with E-state index in [1.807, 2.05) is 0 Å². The first-order chi connectivity index (χ1) is 34.0. The van der Waals surface area contributed by atoms with Crippen molar-refractivity contribution < 1.29 is 19.2 Å². The monoisotopic (exact) mass is 940 g/mol. The molecule has 0 saturated heterocycles. The smallest absolute Gasteiger partial charge is 0.247 e. The van der Waals surface area contributed by atoms with E-state index in [0.717, 1.165) is 27.4 Å². The van der Waals surface area contributed by atoms with Gasteiger partial charge in [-0.15, -0.1) is 0 Å². The van der Waals surface area contributed by atoms with Crippen molar-refractivity contribution in [3.63, 3.8) is 0 Å². The van der Waals surface area contributed by atoms with Crippen LogP contribution < -0.4 is 34.1 Å². The van der Waals surface area contributed by atoms with E-state index in [0.29, 0.717) is 55.6 Å². The summed E-state index contributed by atoms with van der Waals surface area (Å²) in [6.07, 6.45) is 5.92. The van der Waals surface area contributed by atoms with E-state index in [1.54, 1.807) is 121 Å². The maximum absolute atomic E-state index is 14.3. The first kappa shape index (κ1) is 48.4. The van der Waals surface area contributed by atoms with Gasteiger partial charge in [-0.25, -0.2) is 95.3 Å². The largest absolute Gasteiger partial charge is 0.336 e. The lowest BCUT2D eigenvalue weighted by Gasteiger charge is -2.16. The standard InChI is InChI=1S/C50H40N10O10/c61-31-51-21-35-6-1-10-39(16-35)25-55-45(65)56(26-40-11-2-7-36(17-40)22-52-32-62)48(68)59(47(55)67)29-43-14-5-15-44(20-43)30-60-49(69)57(27-41-12-3-8-37(18-41)23-53-33-63)46(66)58(50(60)70)28-42-13-4-9-38(19-42)24-54-34-64/h1-20H,21-30H2. The Hall–Kier alpha value is -9.56. The van der Waals surface area contributed by atoms with Crippen LogP contribution in [0.1, 0.15) is 55.6 Å². The molecule has 0 N–H and O–H groups in total. The van der Waals surface area contributed by atoms with E-state index in [2.05, 4.69) is 20.0 Å². The van der Waals surface area contributed by atoms with Gasteiger partial charge in [0.15, 0.2) is 0 Å². The highest BCUT2D eigenvalue weighted by Gasteiger charge is 2.20. The molecule has 0 atom stereocenters. The second-order valence-corrected chi connectivity index (χ2v) is 15.9. The summed E-state index contributed by atoms with van der Waals surface area (Å²) in [4.78, 5) is 143. The van der Waals surface area contributed by atoms with Crippen LogP contribution in [0.25, 0.3) is 0 Å². The van der Waals surface area contributed by atoms with Crippen LogP contribution in [0.3, 0.4) is 0 Å². The van der Waals surface area contributed by atoms with Gasteiger partial charge < -0.3 is 0 Å². The highest BCUT2D eigenvalue weighted by molar-refractivity contribution is 5.36. The highest BCUT2D eigenvalue weighted by atomic mass is 16.2. The van der Waals surface area contributed by atoms with Crippen molar-refractivity contribution >= 4 is 24.3 Å². The molecule has 0 aliphatic carbocycles. The SMILES string of the molecule is O=C=NCc1cccc(Cn2c(=O)n(Cc3cccc(CN=C=O)c3)c(=O)n(Cc3cccc(Cn4c(=O)n(Cc5cccc(CN=C=O)c5)c(=O)n(Cc5cccc(CN=C=O)c5)c4=O)c3)c2=O)c1. The summed E-state index contributed by atoms with van der Waals surface area (Å²) in [5.74, 6) is 0. The minimum atomic E-state index is -0.933. The van der Waals surface area contributed by atoms with Gasteiger partial charge in [-0.1, -0.05) is 121 Å². The van der Waals surface area contributed by atoms with Crippen LogP contribution in [0.4, 0.5) is 0 Å². The third-order valence-corrected chi connectivity index (χ3v) is 11.1. The van der Waals surface area contributed by atoms with Crippen molar-refractivity contribution in [1.82, 2.24) is 27.4 Å². The molecule has 0 saturated carbocycles. The van der Waals surface area contributed by atoms with Crippen molar-refractivity contribution in [3.05, 3.63) is 240 Å². The number of rotatable bonds is 20. The number of aromatic nitrogens is 6. The van der Waals surface area contributed by atoms with Crippen LogP contribution >= 0.6 is 0 Å². The molecule has 70 heavy (non-hydrogen) atoms. The summed E-state index contributed by atoms with van der Waals surface area (Å²) in [5, 5.41) is 0. The molecule has 20 nitrogen and oxygen atoms in total. The normalized spacial score (nSPS) is 10.6. The molecule has 0 bridgehead atoms. The average molecular weight is 941 g/mol. The van der Waals surface area contributed by atoms with Crippen molar-refractivity contribution in [1.29, 1.82) is 0 Å². The number of aliphatic imine (C=N–C) groups is 4. The van der Waals surface area contributed by atoms with Gasteiger partial charge in [0.25, 0.3) is 0 Å². The predicted molar refractivity (Wildman–Crippen MR) is 253 cm³/mol.